The zero-order valence-corrected chi connectivity index (χ0v) is 13.0. The number of rotatable bonds is 5. The maximum absolute atomic E-state index is 5.93. The second-order valence-corrected chi connectivity index (χ2v) is 5.79. The molecule has 5 heteroatoms. The fourth-order valence-electron chi connectivity index (χ4n) is 3.06. The summed E-state index contributed by atoms with van der Waals surface area (Å²) in [5.41, 5.74) is 2.21. The number of H-pyrrole nitrogens is 1. The van der Waals surface area contributed by atoms with Crippen LogP contribution in [0, 0.1) is 0 Å². The minimum absolute atomic E-state index is 0.436. The molecular weight excluding hydrogens is 290 g/mol. The van der Waals surface area contributed by atoms with Crippen molar-refractivity contribution in [1.82, 2.24) is 15.1 Å². The van der Waals surface area contributed by atoms with Gasteiger partial charge in [-0.05, 0) is 42.3 Å². The third-order valence-electron chi connectivity index (χ3n) is 4.40. The number of hydrogen-bond donors (Lipinski definition) is 1. The van der Waals surface area contributed by atoms with Crippen LogP contribution in [-0.4, -0.2) is 28.8 Å². The first-order valence-corrected chi connectivity index (χ1v) is 7.80. The van der Waals surface area contributed by atoms with E-state index in [-0.39, 0.29) is 0 Å². The van der Waals surface area contributed by atoms with Crippen LogP contribution in [0.3, 0.4) is 0 Å². The van der Waals surface area contributed by atoms with Gasteiger partial charge in [-0.25, -0.2) is 0 Å². The van der Waals surface area contributed by atoms with Gasteiger partial charge in [0.25, 0.3) is 0 Å². The number of furan rings is 1. The Morgan fingerprint density at radius 3 is 3.00 bits per heavy atom. The highest BCUT2D eigenvalue weighted by Crippen LogP contribution is 2.36. The summed E-state index contributed by atoms with van der Waals surface area (Å²) in [6.07, 6.45) is 2.90. The second-order valence-electron chi connectivity index (χ2n) is 5.79. The topological polar surface area (TPSA) is 54.3 Å². The lowest BCUT2D eigenvalue weighted by atomic mass is 9.94. The normalized spacial score (nSPS) is 17.9. The van der Waals surface area contributed by atoms with Crippen molar-refractivity contribution >= 4 is 0 Å². The molecule has 0 spiro atoms. The summed E-state index contributed by atoms with van der Waals surface area (Å²) in [5.74, 6) is 2.71. The van der Waals surface area contributed by atoms with Crippen molar-refractivity contribution in [2.24, 2.45) is 0 Å². The van der Waals surface area contributed by atoms with Crippen LogP contribution in [-0.2, 0) is 6.54 Å². The largest absolute Gasteiger partial charge is 0.497 e. The Bertz CT molecular complexity index is 779. The van der Waals surface area contributed by atoms with Gasteiger partial charge in [-0.1, -0.05) is 12.1 Å². The summed E-state index contributed by atoms with van der Waals surface area (Å²) in [6.45, 7) is 1.90. The fraction of sp³-hybridized carbons (Fsp3) is 0.278. The lowest BCUT2D eigenvalue weighted by molar-refractivity contribution is 0.0738. The highest BCUT2D eigenvalue weighted by molar-refractivity contribution is 5.51. The molecule has 0 amide bonds. The van der Waals surface area contributed by atoms with Gasteiger partial charge < -0.3 is 9.15 Å². The molecule has 0 aliphatic carbocycles. The molecule has 1 aliphatic heterocycles. The van der Waals surface area contributed by atoms with E-state index in [9.17, 15) is 0 Å². The van der Waals surface area contributed by atoms with Crippen molar-refractivity contribution in [2.45, 2.75) is 19.0 Å². The minimum atomic E-state index is 0.436. The van der Waals surface area contributed by atoms with E-state index in [1.807, 2.05) is 30.3 Å². The van der Waals surface area contributed by atoms with Crippen molar-refractivity contribution < 1.29 is 9.15 Å². The number of methoxy groups -OCH3 is 1. The number of aromatic nitrogens is 2. The molecule has 1 aromatic carbocycles. The van der Waals surface area contributed by atoms with Gasteiger partial charge in [-0.3, -0.25) is 10.00 Å². The monoisotopic (exact) mass is 309 g/mol. The predicted octanol–water partition coefficient (Wildman–Crippen LogP) is 3.63. The van der Waals surface area contributed by atoms with Crippen LogP contribution in [0.1, 0.15) is 23.8 Å². The Morgan fingerprint density at radius 1 is 1.30 bits per heavy atom. The van der Waals surface area contributed by atoms with E-state index in [0.29, 0.717) is 6.04 Å². The molecule has 1 atom stereocenters. The van der Waals surface area contributed by atoms with Crippen molar-refractivity contribution in [3.8, 4) is 17.2 Å². The SMILES string of the molecule is COc1cccc(C2CCN2Cc2ccc(-c3ccn[nH]3)o2)c1. The summed E-state index contributed by atoms with van der Waals surface area (Å²) in [5, 5.41) is 6.88. The van der Waals surface area contributed by atoms with Crippen LogP contribution in [0.5, 0.6) is 5.75 Å². The van der Waals surface area contributed by atoms with Crippen LogP contribution in [0.25, 0.3) is 11.5 Å². The lowest BCUT2D eigenvalue weighted by Crippen LogP contribution is -2.40. The highest BCUT2D eigenvalue weighted by atomic mass is 16.5. The Hall–Kier alpha value is -2.53. The first kappa shape index (κ1) is 14.1. The molecular formula is C18H19N3O2. The molecule has 1 fully saturated rings. The molecule has 1 N–H and O–H groups in total. The maximum atomic E-state index is 5.93. The molecule has 1 unspecified atom stereocenters. The van der Waals surface area contributed by atoms with Gasteiger partial charge in [0.15, 0.2) is 5.76 Å². The van der Waals surface area contributed by atoms with Crippen molar-refractivity contribution in [1.29, 1.82) is 0 Å². The van der Waals surface area contributed by atoms with Gasteiger partial charge in [-0.2, -0.15) is 5.10 Å². The lowest BCUT2D eigenvalue weighted by Gasteiger charge is -2.40. The van der Waals surface area contributed by atoms with Gasteiger partial charge in [0.1, 0.15) is 17.2 Å². The number of benzene rings is 1. The Labute approximate surface area is 134 Å². The van der Waals surface area contributed by atoms with E-state index >= 15 is 0 Å². The third-order valence-corrected chi connectivity index (χ3v) is 4.40. The average Bonchev–Trinajstić information content (AvgIpc) is 3.23. The quantitative estimate of drug-likeness (QED) is 0.782. The van der Waals surface area contributed by atoms with E-state index in [2.05, 4.69) is 27.2 Å². The number of likely N-dealkylation sites (tertiary alicyclic amines) is 1. The zero-order valence-electron chi connectivity index (χ0n) is 13.0. The smallest absolute Gasteiger partial charge is 0.152 e. The predicted molar refractivity (Wildman–Crippen MR) is 87.1 cm³/mol. The third kappa shape index (κ3) is 2.75. The average molecular weight is 309 g/mol. The number of hydrogen-bond acceptors (Lipinski definition) is 4. The second kappa shape index (κ2) is 5.93. The van der Waals surface area contributed by atoms with Gasteiger partial charge in [0.05, 0.1) is 13.7 Å². The molecule has 0 saturated carbocycles. The van der Waals surface area contributed by atoms with Gasteiger partial charge in [0, 0.05) is 18.8 Å². The zero-order chi connectivity index (χ0) is 15.6. The van der Waals surface area contributed by atoms with E-state index in [4.69, 9.17) is 9.15 Å². The molecule has 3 aromatic rings. The fourth-order valence-corrected chi connectivity index (χ4v) is 3.06. The van der Waals surface area contributed by atoms with Crippen LogP contribution in [0.2, 0.25) is 0 Å². The molecule has 1 saturated heterocycles. The van der Waals surface area contributed by atoms with Gasteiger partial charge >= 0.3 is 0 Å². The van der Waals surface area contributed by atoms with Crippen LogP contribution in [0.15, 0.2) is 53.1 Å². The molecule has 4 rings (SSSR count). The Kier molecular flexibility index (Phi) is 3.63. The number of nitrogens with one attached hydrogen (secondary N) is 1. The minimum Gasteiger partial charge on any atom is -0.497 e. The molecule has 2 aromatic heterocycles. The Balaban J connectivity index is 1.47. The molecule has 5 nitrogen and oxygen atoms in total. The van der Waals surface area contributed by atoms with Crippen LogP contribution < -0.4 is 4.74 Å². The summed E-state index contributed by atoms with van der Waals surface area (Å²) in [7, 11) is 1.71. The van der Waals surface area contributed by atoms with Gasteiger partial charge in [-0.15, -0.1) is 0 Å². The molecule has 0 bridgehead atoms. The van der Waals surface area contributed by atoms with E-state index in [0.717, 1.165) is 36.1 Å². The number of nitrogens with zero attached hydrogens (tertiary/aromatic N) is 2. The Morgan fingerprint density at radius 2 is 2.26 bits per heavy atom. The number of ether oxygens (including phenoxy) is 1. The van der Waals surface area contributed by atoms with Crippen molar-refractivity contribution in [2.75, 3.05) is 13.7 Å². The molecule has 1 aliphatic rings. The standard InChI is InChI=1S/C18H19N3O2/c1-22-14-4-2-3-13(11-14)17-8-10-21(17)12-15-5-6-18(23-15)16-7-9-19-20-16/h2-7,9,11,17H,8,10,12H2,1H3,(H,19,20). The molecule has 118 valence electrons. The number of aromatic amines is 1. The van der Waals surface area contributed by atoms with E-state index in [1.165, 1.54) is 12.0 Å². The van der Waals surface area contributed by atoms with Gasteiger partial charge in [0.2, 0.25) is 0 Å². The van der Waals surface area contributed by atoms with Crippen molar-refractivity contribution in [3.63, 3.8) is 0 Å². The summed E-state index contributed by atoms with van der Waals surface area (Å²) in [6, 6.07) is 14.7. The van der Waals surface area contributed by atoms with E-state index in [1.54, 1.807) is 13.3 Å². The molecule has 23 heavy (non-hydrogen) atoms. The first-order chi connectivity index (χ1) is 11.3. The molecule has 0 radical (unpaired) electrons. The molecule has 3 heterocycles. The summed E-state index contributed by atoms with van der Waals surface area (Å²) < 4.78 is 11.3. The summed E-state index contributed by atoms with van der Waals surface area (Å²) in [4.78, 5) is 2.42. The van der Waals surface area contributed by atoms with Crippen molar-refractivity contribution in [3.05, 3.63) is 60.0 Å². The summed E-state index contributed by atoms with van der Waals surface area (Å²) >= 11 is 0. The highest BCUT2D eigenvalue weighted by Gasteiger charge is 2.30. The first-order valence-electron chi connectivity index (χ1n) is 7.80. The van der Waals surface area contributed by atoms with Crippen LogP contribution >= 0.6 is 0 Å². The van der Waals surface area contributed by atoms with E-state index < -0.39 is 0 Å². The van der Waals surface area contributed by atoms with Crippen LogP contribution in [0.4, 0.5) is 0 Å². The maximum Gasteiger partial charge on any atom is 0.152 e.